The lowest BCUT2D eigenvalue weighted by atomic mass is 9.84. The van der Waals surface area contributed by atoms with Crippen molar-refractivity contribution in [3.05, 3.63) is 28.3 Å². The largest absolute Gasteiger partial charge is 0.496 e. The van der Waals surface area contributed by atoms with Gasteiger partial charge in [0, 0.05) is 10.6 Å². The van der Waals surface area contributed by atoms with Crippen LogP contribution in [-0.2, 0) is 11.8 Å². The summed E-state index contributed by atoms with van der Waals surface area (Å²) in [4.78, 5) is 0. The zero-order chi connectivity index (χ0) is 13.1. The molecule has 0 radical (unpaired) electrons. The summed E-state index contributed by atoms with van der Waals surface area (Å²) < 4.78 is 5.56. The Kier molecular flexibility index (Phi) is 4.84. The second kappa shape index (κ2) is 5.74. The van der Waals surface area contributed by atoms with Gasteiger partial charge in [-0.1, -0.05) is 32.4 Å². The van der Waals surface area contributed by atoms with Crippen molar-refractivity contribution in [1.29, 1.82) is 0 Å². The Morgan fingerprint density at radius 1 is 1.29 bits per heavy atom. The maximum Gasteiger partial charge on any atom is 0.125 e. The molecule has 0 aliphatic carbocycles. The van der Waals surface area contributed by atoms with Crippen molar-refractivity contribution >= 4 is 11.6 Å². The average Bonchev–Trinajstić information content (AvgIpc) is 2.24. The van der Waals surface area contributed by atoms with Crippen molar-refractivity contribution < 1.29 is 4.74 Å². The molecule has 2 nitrogen and oxygen atoms in total. The number of hydrogen-bond acceptors (Lipinski definition) is 2. The minimum atomic E-state index is 0.0215. The van der Waals surface area contributed by atoms with Crippen LogP contribution < -0.4 is 10.5 Å². The fourth-order valence-electron chi connectivity index (χ4n) is 1.93. The topological polar surface area (TPSA) is 35.2 Å². The van der Waals surface area contributed by atoms with Crippen LogP contribution in [0, 0.1) is 0 Å². The van der Waals surface area contributed by atoms with Crippen LogP contribution in [0.2, 0.25) is 5.02 Å². The molecule has 1 aromatic rings. The van der Waals surface area contributed by atoms with Gasteiger partial charge in [0.2, 0.25) is 0 Å². The second-order valence-corrected chi connectivity index (χ2v) is 5.72. The molecule has 0 fully saturated rings. The highest BCUT2D eigenvalue weighted by Gasteiger charge is 2.21. The van der Waals surface area contributed by atoms with E-state index in [1.54, 1.807) is 7.11 Å². The van der Waals surface area contributed by atoms with Crippen molar-refractivity contribution in [2.75, 3.05) is 13.7 Å². The Labute approximate surface area is 109 Å². The summed E-state index contributed by atoms with van der Waals surface area (Å²) in [5.41, 5.74) is 7.88. The van der Waals surface area contributed by atoms with Crippen molar-refractivity contribution in [2.45, 2.75) is 39.0 Å². The highest BCUT2D eigenvalue weighted by molar-refractivity contribution is 6.30. The van der Waals surface area contributed by atoms with Gasteiger partial charge in [0.15, 0.2) is 0 Å². The molecule has 0 amide bonds. The summed E-state index contributed by atoms with van der Waals surface area (Å²) in [7, 11) is 1.71. The predicted molar refractivity (Wildman–Crippen MR) is 74.1 cm³/mol. The summed E-state index contributed by atoms with van der Waals surface area (Å²) in [6, 6.07) is 3.97. The fraction of sp³-hybridized carbons (Fsp3) is 0.571. The number of benzene rings is 1. The van der Waals surface area contributed by atoms with Gasteiger partial charge >= 0.3 is 0 Å². The maximum absolute atomic E-state index is 6.18. The van der Waals surface area contributed by atoms with Gasteiger partial charge in [-0.2, -0.15) is 0 Å². The van der Waals surface area contributed by atoms with Crippen molar-refractivity contribution in [1.82, 2.24) is 0 Å². The van der Waals surface area contributed by atoms with E-state index in [9.17, 15) is 0 Å². The lowest BCUT2D eigenvalue weighted by molar-refractivity contribution is 0.392. The third-order valence-corrected chi connectivity index (χ3v) is 3.01. The molecule has 3 heteroatoms. The number of methoxy groups -OCH3 is 1. The first-order valence-electron chi connectivity index (χ1n) is 5.97. The van der Waals surface area contributed by atoms with E-state index in [1.165, 1.54) is 0 Å². The zero-order valence-corrected chi connectivity index (χ0v) is 11.9. The molecule has 1 rings (SSSR count). The van der Waals surface area contributed by atoms with E-state index in [0.29, 0.717) is 6.54 Å². The number of rotatable bonds is 4. The summed E-state index contributed by atoms with van der Waals surface area (Å²) in [6.07, 6.45) is 1.85. The average molecular weight is 256 g/mol. The van der Waals surface area contributed by atoms with E-state index >= 15 is 0 Å². The summed E-state index contributed by atoms with van der Waals surface area (Å²) in [5.74, 6) is 0.954. The van der Waals surface area contributed by atoms with E-state index in [-0.39, 0.29) is 5.41 Å². The van der Waals surface area contributed by atoms with Crippen LogP contribution in [-0.4, -0.2) is 13.7 Å². The van der Waals surface area contributed by atoms with Gasteiger partial charge in [-0.05, 0) is 42.5 Å². The van der Waals surface area contributed by atoms with Gasteiger partial charge in [0.05, 0.1) is 7.11 Å². The lowest BCUT2D eigenvalue weighted by Gasteiger charge is -2.24. The van der Waals surface area contributed by atoms with Gasteiger partial charge in [-0.3, -0.25) is 0 Å². The molecule has 0 saturated heterocycles. The highest BCUT2D eigenvalue weighted by atomic mass is 35.5. The van der Waals surface area contributed by atoms with Gasteiger partial charge in [-0.25, -0.2) is 0 Å². The molecule has 0 spiro atoms. The van der Waals surface area contributed by atoms with Crippen LogP contribution in [0.15, 0.2) is 12.1 Å². The third kappa shape index (κ3) is 3.62. The maximum atomic E-state index is 6.18. The molecule has 0 aliphatic rings. The molecule has 2 N–H and O–H groups in total. The first-order chi connectivity index (χ1) is 7.90. The minimum absolute atomic E-state index is 0.0215. The van der Waals surface area contributed by atoms with E-state index < -0.39 is 0 Å². The van der Waals surface area contributed by atoms with Gasteiger partial charge in [0.25, 0.3) is 0 Å². The minimum Gasteiger partial charge on any atom is -0.496 e. The summed E-state index contributed by atoms with van der Waals surface area (Å²) in [6.45, 7) is 7.16. The standard InChI is InChI=1S/C14H22ClNO/c1-14(2,3)12-9-11(15)8-10(6-5-7-16)13(12)17-4/h8-9H,5-7,16H2,1-4H3. The number of hydrogen-bond donors (Lipinski definition) is 1. The van der Waals surface area contributed by atoms with Crippen LogP contribution in [0.1, 0.15) is 38.3 Å². The van der Waals surface area contributed by atoms with E-state index in [4.69, 9.17) is 22.1 Å². The molecule has 0 atom stereocenters. The number of nitrogens with two attached hydrogens (primary N) is 1. The molecule has 0 saturated carbocycles. The molecular weight excluding hydrogens is 234 g/mol. The summed E-state index contributed by atoms with van der Waals surface area (Å²) in [5, 5.41) is 0.766. The molecule has 0 aliphatic heterocycles. The highest BCUT2D eigenvalue weighted by Crippen LogP contribution is 2.37. The molecule has 0 bridgehead atoms. The van der Waals surface area contributed by atoms with Crippen molar-refractivity contribution in [2.24, 2.45) is 5.73 Å². The molecular formula is C14H22ClNO. The van der Waals surface area contributed by atoms with Crippen LogP contribution in [0.5, 0.6) is 5.75 Å². The van der Waals surface area contributed by atoms with Gasteiger partial charge in [0.1, 0.15) is 5.75 Å². The Bertz CT molecular complexity index is 383. The summed E-state index contributed by atoms with van der Waals surface area (Å²) >= 11 is 6.18. The van der Waals surface area contributed by atoms with Crippen molar-refractivity contribution in [3.63, 3.8) is 0 Å². The van der Waals surface area contributed by atoms with E-state index in [1.807, 2.05) is 12.1 Å². The number of aryl methyl sites for hydroxylation is 1. The third-order valence-electron chi connectivity index (χ3n) is 2.79. The second-order valence-electron chi connectivity index (χ2n) is 5.29. The molecule has 0 heterocycles. The number of ether oxygens (including phenoxy) is 1. The Morgan fingerprint density at radius 3 is 2.41 bits per heavy atom. The van der Waals surface area contributed by atoms with Gasteiger partial charge in [-0.15, -0.1) is 0 Å². The molecule has 17 heavy (non-hydrogen) atoms. The Balaban J connectivity index is 3.25. The van der Waals surface area contributed by atoms with Crippen LogP contribution in [0.3, 0.4) is 0 Å². The molecule has 0 aromatic heterocycles. The zero-order valence-electron chi connectivity index (χ0n) is 11.1. The normalized spacial score (nSPS) is 11.6. The first-order valence-corrected chi connectivity index (χ1v) is 6.35. The smallest absolute Gasteiger partial charge is 0.125 e. The van der Waals surface area contributed by atoms with Gasteiger partial charge < -0.3 is 10.5 Å². The predicted octanol–water partition coefficient (Wildman–Crippen LogP) is 3.54. The lowest BCUT2D eigenvalue weighted by Crippen LogP contribution is -2.14. The molecule has 96 valence electrons. The van der Waals surface area contributed by atoms with Crippen molar-refractivity contribution in [3.8, 4) is 5.75 Å². The molecule has 0 unspecified atom stereocenters. The Hall–Kier alpha value is -0.730. The quantitative estimate of drug-likeness (QED) is 0.893. The monoisotopic (exact) mass is 255 g/mol. The molecule has 1 aromatic carbocycles. The SMILES string of the molecule is COc1c(CCCN)cc(Cl)cc1C(C)(C)C. The van der Waals surface area contributed by atoms with Crippen LogP contribution in [0.4, 0.5) is 0 Å². The van der Waals surface area contributed by atoms with E-state index in [0.717, 1.165) is 34.7 Å². The number of halogens is 1. The first kappa shape index (κ1) is 14.3. The van der Waals surface area contributed by atoms with Crippen LogP contribution in [0.25, 0.3) is 0 Å². The fourth-order valence-corrected chi connectivity index (χ4v) is 2.17. The van der Waals surface area contributed by atoms with Crippen LogP contribution >= 0.6 is 11.6 Å². The Morgan fingerprint density at radius 2 is 1.94 bits per heavy atom. The van der Waals surface area contributed by atoms with E-state index in [2.05, 4.69) is 20.8 Å².